The van der Waals surface area contributed by atoms with E-state index < -0.39 is 0 Å². The molecule has 2 aromatic heterocycles. The fourth-order valence-corrected chi connectivity index (χ4v) is 1.57. The molecule has 0 radical (unpaired) electrons. The zero-order chi connectivity index (χ0) is 8.39. The molecule has 4 heteroatoms. The lowest BCUT2D eigenvalue weighted by molar-refractivity contribution is 1.33. The number of nitrogens with two attached hydrogens (primary N) is 1. The Balaban J connectivity index is 2.51. The van der Waals surface area contributed by atoms with Gasteiger partial charge in [0.2, 0.25) is 0 Å². The van der Waals surface area contributed by atoms with Crippen LogP contribution in [0.4, 0.5) is 5.82 Å². The number of anilines is 1. The zero-order valence-electron chi connectivity index (χ0n) is 6.27. The third-order valence-electron chi connectivity index (χ3n) is 1.54. The van der Waals surface area contributed by atoms with Gasteiger partial charge in [-0.15, -0.1) is 0 Å². The number of nitrogen functional groups attached to an aromatic ring is 1. The Labute approximate surface area is 74.0 Å². The van der Waals surface area contributed by atoms with Crippen molar-refractivity contribution in [2.45, 2.75) is 0 Å². The summed E-state index contributed by atoms with van der Waals surface area (Å²) in [6.07, 6.45) is 1.74. The molecule has 0 spiro atoms. The minimum atomic E-state index is 0.554. The average molecular weight is 177 g/mol. The van der Waals surface area contributed by atoms with Crippen molar-refractivity contribution in [2.24, 2.45) is 0 Å². The molecule has 2 rings (SSSR count). The van der Waals surface area contributed by atoms with Gasteiger partial charge in [-0.25, -0.2) is 0 Å². The highest BCUT2D eigenvalue weighted by Crippen LogP contribution is 2.23. The second kappa shape index (κ2) is 2.91. The maximum atomic E-state index is 5.63. The Morgan fingerprint density at radius 3 is 2.83 bits per heavy atom. The predicted molar refractivity (Wildman–Crippen MR) is 49.8 cm³/mol. The normalized spacial score (nSPS) is 10.0. The van der Waals surface area contributed by atoms with Crippen molar-refractivity contribution in [3.05, 3.63) is 29.8 Å². The lowest BCUT2D eigenvalue weighted by Crippen LogP contribution is -1.88. The van der Waals surface area contributed by atoms with Crippen LogP contribution in [0.5, 0.6) is 0 Å². The summed E-state index contributed by atoms with van der Waals surface area (Å²) >= 11 is 1.35. The number of hydrogen-bond acceptors (Lipinski definition) is 4. The highest BCUT2D eigenvalue weighted by atomic mass is 32.1. The Morgan fingerprint density at radius 2 is 2.25 bits per heavy atom. The lowest BCUT2D eigenvalue weighted by Gasteiger charge is -1.95. The van der Waals surface area contributed by atoms with Gasteiger partial charge in [0.05, 0.1) is 11.3 Å². The first kappa shape index (κ1) is 7.24. The molecule has 2 N–H and O–H groups in total. The van der Waals surface area contributed by atoms with Crippen LogP contribution in [0.2, 0.25) is 0 Å². The van der Waals surface area contributed by atoms with E-state index in [1.807, 2.05) is 23.6 Å². The van der Waals surface area contributed by atoms with Crippen molar-refractivity contribution in [3.63, 3.8) is 0 Å². The molecule has 0 aliphatic rings. The monoisotopic (exact) mass is 177 g/mol. The van der Waals surface area contributed by atoms with E-state index in [0.717, 1.165) is 11.3 Å². The van der Waals surface area contributed by atoms with E-state index in [-0.39, 0.29) is 0 Å². The Kier molecular flexibility index (Phi) is 1.75. The number of nitrogens with zero attached hydrogens (tertiary/aromatic N) is 2. The maximum absolute atomic E-state index is 5.63. The van der Waals surface area contributed by atoms with Crippen molar-refractivity contribution >= 4 is 17.4 Å². The van der Waals surface area contributed by atoms with Crippen molar-refractivity contribution < 1.29 is 0 Å². The van der Waals surface area contributed by atoms with Gasteiger partial charge in [0.1, 0.15) is 5.82 Å². The van der Waals surface area contributed by atoms with Crippen molar-refractivity contribution in [3.8, 4) is 11.3 Å². The van der Waals surface area contributed by atoms with Gasteiger partial charge in [0, 0.05) is 11.6 Å². The van der Waals surface area contributed by atoms with Gasteiger partial charge >= 0.3 is 0 Å². The largest absolute Gasteiger partial charge is 0.382 e. The fourth-order valence-electron chi connectivity index (χ4n) is 0.959. The van der Waals surface area contributed by atoms with E-state index in [0.29, 0.717) is 5.82 Å². The molecule has 60 valence electrons. The fraction of sp³-hybridized carbons (Fsp3) is 0. The van der Waals surface area contributed by atoms with Crippen molar-refractivity contribution in [1.29, 1.82) is 0 Å². The first-order valence-corrected chi connectivity index (χ1v) is 4.33. The van der Waals surface area contributed by atoms with E-state index in [4.69, 9.17) is 5.73 Å². The van der Waals surface area contributed by atoms with Crippen LogP contribution in [0.3, 0.4) is 0 Å². The summed E-state index contributed by atoms with van der Waals surface area (Å²) in [4.78, 5) is 4.17. The molecule has 2 heterocycles. The number of aromatic nitrogens is 2. The van der Waals surface area contributed by atoms with Gasteiger partial charge in [0.15, 0.2) is 0 Å². The van der Waals surface area contributed by atoms with Crippen molar-refractivity contribution in [1.82, 2.24) is 9.36 Å². The molecule has 0 aliphatic heterocycles. The van der Waals surface area contributed by atoms with Crippen LogP contribution in [-0.2, 0) is 0 Å². The van der Waals surface area contributed by atoms with Crippen LogP contribution in [0.15, 0.2) is 29.8 Å². The van der Waals surface area contributed by atoms with E-state index in [1.165, 1.54) is 11.5 Å². The molecule has 2 aromatic rings. The molecule has 0 atom stereocenters. The van der Waals surface area contributed by atoms with E-state index in [2.05, 4.69) is 9.36 Å². The molecule has 0 fully saturated rings. The summed E-state index contributed by atoms with van der Waals surface area (Å²) in [7, 11) is 0. The predicted octanol–water partition coefficient (Wildman–Crippen LogP) is 1.79. The standard InChI is InChI=1S/C8H7N3S/c9-8-6(5-12-11-8)7-3-1-2-4-10-7/h1-5H,(H2,9,11). The quantitative estimate of drug-likeness (QED) is 0.722. The molecule has 12 heavy (non-hydrogen) atoms. The van der Waals surface area contributed by atoms with Crippen LogP contribution in [0.25, 0.3) is 11.3 Å². The first-order chi connectivity index (χ1) is 5.88. The molecule has 0 amide bonds. The molecular weight excluding hydrogens is 170 g/mol. The lowest BCUT2D eigenvalue weighted by atomic mass is 10.2. The maximum Gasteiger partial charge on any atom is 0.146 e. The first-order valence-electron chi connectivity index (χ1n) is 3.49. The van der Waals surface area contributed by atoms with Gasteiger partial charge in [-0.1, -0.05) is 6.07 Å². The summed E-state index contributed by atoms with van der Waals surface area (Å²) in [6.45, 7) is 0. The molecule has 0 unspecified atom stereocenters. The molecule has 0 aromatic carbocycles. The van der Waals surface area contributed by atoms with E-state index >= 15 is 0 Å². The topological polar surface area (TPSA) is 51.8 Å². The second-order valence-electron chi connectivity index (χ2n) is 2.33. The number of pyridine rings is 1. The van der Waals surface area contributed by atoms with E-state index in [9.17, 15) is 0 Å². The third kappa shape index (κ3) is 1.16. The summed E-state index contributed by atoms with van der Waals surface area (Å²) in [5.41, 5.74) is 7.43. The average Bonchev–Trinajstić information content (AvgIpc) is 2.53. The molecule has 0 saturated carbocycles. The SMILES string of the molecule is Nc1nscc1-c1ccccn1. The van der Waals surface area contributed by atoms with Crippen LogP contribution >= 0.6 is 11.5 Å². The molecule has 0 bridgehead atoms. The summed E-state index contributed by atoms with van der Waals surface area (Å²) in [5, 5.41) is 1.90. The Morgan fingerprint density at radius 1 is 1.33 bits per heavy atom. The van der Waals surface area contributed by atoms with Crippen molar-refractivity contribution in [2.75, 3.05) is 5.73 Å². The molecule has 3 nitrogen and oxygen atoms in total. The van der Waals surface area contributed by atoms with Gasteiger partial charge in [-0.05, 0) is 23.7 Å². The summed E-state index contributed by atoms with van der Waals surface area (Å²) in [5.74, 6) is 0.554. The zero-order valence-corrected chi connectivity index (χ0v) is 7.08. The summed E-state index contributed by atoms with van der Waals surface area (Å²) < 4.78 is 3.97. The summed E-state index contributed by atoms with van der Waals surface area (Å²) in [6, 6.07) is 5.72. The van der Waals surface area contributed by atoms with E-state index in [1.54, 1.807) is 6.20 Å². The molecule has 0 saturated heterocycles. The molecule has 0 aliphatic carbocycles. The minimum absolute atomic E-state index is 0.554. The van der Waals surface area contributed by atoms with Crippen LogP contribution in [0, 0.1) is 0 Å². The minimum Gasteiger partial charge on any atom is -0.382 e. The van der Waals surface area contributed by atoms with Gasteiger partial charge in [0.25, 0.3) is 0 Å². The van der Waals surface area contributed by atoms with Gasteiger partial charge in [-0.3, -0.25) is 4.98 Å². The Hall–Kier alpha value is -1.42. The van der Waals surface area contributed by atoms with Crippen LogP contribution in [-0.4, -0.2) is 9.36 Å². The second-order valence-corrected chi connectivity index (χ2v) is 2.96. The number of hydrogen-bond donors (Lipinski definition) is 1. The van der Waals surface area contributed by atoms with Crippen LogP contribution in [0.1, 0.15) is 0 Å². The van der Waals surface area contributed by atoms with Gasteiger partial charge in [-0.2, -0.15) is 4.37 Å². The molecular formula is C8H7N3S. The number of rotatable bonds is 1. The third-order valence-corrected chi connectivity index (χ3v) is 2.18. The Bertz CT molecular complexity index is 369. The van der Waals surface area contributed by atoms with Gasteiger partial charge < -0.3 is 5.73 Å². The highest BCUT2D eigenvalue weighted by molar-refractivity contribution is 7.04. The smallest absolute Gasteiger partial charge is 0.146 e. The highest BCUT2D eigenvalue weighted by Gasteiger charge is 2.04. The van der Waals surface area contributed by atoms with Crippen LogP contribution < -0.4 is 5.73 Å².